The largest absolute Gasteiger partial charge is 0.493 e. The van der Waals surface area contributed by atoms with Gasteiger partial charge in [0.25, 0.3) is 5.56 Å². The van der Waals surface area contributed by atoms with E-state index in [1.807, 2.05) is 37.3 Å². The number of hydrogen-bond acceptors (Lipinski definition) is 5. The van der Waals surface area contributed by atoms with Crippen molar-refractivity contribution in [2.24, 2.45) is 5.92 Å². The van der Waals surface area contributed by atoms with E-state index in [0.717, 1.165) is 35.0 Å². The number of nitrogens with one attached hydrogen (secondary N) is 1. The minimum Gasteiger partial charge on any atom is -0.493 e. The fourth-order valence-corrected chi connectivity index (χ4v) is 5.08. The number of ether oxygens (including phenoxy) is 2. The Morgan fingerprint density at radius 3 is 2.96 bits per heavy atom. The number of hydrogen-bond donors (Lipinski definition) is 1. The van der Waals surface area contributed by atoms with Crippen LogP contribution >= 0.6 is 11.3 Å². The van der Waals surface area contributed by atoms with Crippen LogP contribution in [0, 0.1) is 5.92 Å². The number of aromatic amines is 1. The molecule has 0 aliphatic heterocycles. The molecule has 2 heterocycles. The standard InChI is InChI=1S/C22H24N2O3S/c1-4-27-17-12-14(6-9-16(17)26-3)7-10-19-23-21(25)20-15-8-5-13(2)11-18(15)28-22(20)24-19/h6-7,9-10,12-13H,4-5,8,11H2,1-3H3,(H,23,24,25)/b10-7+/t13-/m0/s1. The summed E-state index contributed by atoms with van der Waals surface area (Å²) in [6.07, 6.45) is 6.91. The van der Waals surface area contributed by atoms with Gasteiger partial charge in [0, 0.05) is 4.88 Å². The molecule has 1 aliphatic carbocycles. The van der Waals surface area contributed by atoms with Gasteiger partial charge in [-0.25, -0.2) is 4.98 Å². The zero-order valence-electron chi connectivity index (χ0n) is 16.4. The molecule has 0 saturated heterocycles. The normalized spacial score (nSPS) is 16.5. The molecule has 1 N–H and O–H groups in total. The molecule has 0 spiro atoms. The first-order valence-electron chi connectivity index (χ1n) is 9.62. The Bertz CT molecular complexity index is 1100. The van der Waals surface area contributed by atoms with Crippen molar-refractivity contribution in [2.45, 2.75) is 33.1 Å². The number of rotatable bonds is 5. The highest BCUT2D eigenvalue weighted by Gasteiger charge is 2.22. The number of thiophene rings is 1. The van der Waals surface area contributed by atoms with Crippen LogP contribution in [0.1, 0.15) is 42.1 Å². The number of methoxy groups -OCH3 is 1. The average Bonchev–Trinajstić information content (AvgIpc) is 3.04. The lowest BCUT2D eigenvalue weighted by Gasteiger charge is -2.17. The Labute approximate surface area is 168 Å². The summed E-state index contributed by atoms with van der Waals surface area (Å²) in [7, 11) is 1.62. The van der Waals surface area contributed by atoms with Crippen molar-refractivity contribution in [3.63, 3.8) is 0 Å². The summed E-state index contributed by atoms with van der Waals surface area (Å²) in [6, 6.07) is 5.74. The number of benzene rings is 1. The summed E-state index contributed by atoms with van der Waals surface area (Å²) < 4.78 is 10.9. The molecule has 3 aromatic rings. The maximum atomic E-state index is 12.7. The second kappa shape index (κ2) is 7.80. The second-order valence-electron chi connectivity index (χ2n) is 7.16. The van der Waals surface area contributed by atoms with Crippen LogP contribution in [0.4, 0.5) is 0 Å². The average molecular weight is 397 g/mol. The number of fused-ring (bicyclic) bond motifs is 3. The molecule has 0 saturated carbocycles. The van der Waals surface area contributed by atoms with Crippen molar-refractivity contribution in [3.8, 4) is 11.5 Å². The van der Waals surface area contributed by atoms with Crippen LogP contribution in [-0.2, 0) is 12.8 Å². The quantitative estimate of drug-likeness (QED) is 0.680. The van der Waals surface area contributed by atoms with Gasteiger partial charge in [-0.3, -0.25) is 4.79 Å². The molecule has 4 rings (SSSR count). The fraction of sp³-hybridized carbons (Fsp3) is 0.364. The Morgan fingerprint density at radius 1 is 1.32 bits per heavy atom. The summed E-state index contributed by atoms with van der Waals surface area (Å²) >= 11 is 1.67. The molecule has 28 heavy (non-hydrogen) atoms. The molecule has 2 aromatic heterocycles. The van der Waals surface area contributed by atoms with Crippen LogP contribution in [-0.4, -0.2) is 23.7 Å². The molecule has 1 aromatic carbocycles. The molecule has 5 nitrogen and oxygen atoms in total. The molecule has 1 atom stereocenters. The lowest BCUT2D eigenvalue weighted by Crippen LogP contribution is -2.13. The number of H-pyrrole nitrogens is 1. The van der Waals surface area contributed by atoms with Gasteiger partial charge in [0.15, 0.2) is 11.5 Å². The first-order valence-corrected chi connectivity index (χ1v) is 10.4. The maximum Gasteiger partial charge on any atom is 0.260 e. The van der Waals surface area contributed by atoms with E-state index in [0.29, 0.717) is 29.8 Å². The van der Waals surface area contributed by atoms with Crippen LogP contribution in [0.25, 0.3) is 22.4 Å². The molecule has 0 bridgehead atoms. The first kappa shape index (κ1) is 18.7. The van der Waals surface area contributed by atoms with Gasteiger partial charge in [-0.15, -0.1) is 11.3 Å². The maximum absolute atomic E-state index is 12.7. The molecule has 6 heteroatoms. The predicted molar refractivity (Wildman–Crippen MR) is 115 cm³/mol. The molecule has 0 radical (unpaired) electrons. The molecular weight excluding hydrogens is 372 g/mol. The van der Waals surface area contributed by atoms with Crippen molar-refractivity contribution in [1.82, 2.24) is 9.97 Å². The minimum absolute atomic E-state index is 0.0403. The van der Waals surface area contributed by atoms with Gasteiger partial charge in [-0.1, -0.05) is 19.1 Å². The predicted octanol–water partition coefficient (Wildman–Crippen LogP) is 4.69. The Kier molecular flexibility index (Phi) is 5.22. The van der Waals surface area contributed by atoms with E-state index in [1.165, 1.54) is 10.4 Å². The number of nitrogens with zero attached hydrogens (tertiary/aromatic N) is 1. The van der Waals surface area contributed by atoms with Crippen LogP contribution in [0.5, 0.6) is 11.5 Å². The molecule has 0 unspecified atom stereocenters. The highest BCUT2D eigenvalue weighted by atomic mass is 32.1. The van der Waals surface area contributed by atoms with Gasteiger partial charge in [-0.05, 0) is 61.4 Å². The van der Waals surface area contributed by atoms with Crippen molar-refractivity contribution >= 4 is 33.7 Å². The van der Waals surface area contributed by atoms with E-state index < -0.39 is 0 Å². The van der Waals surface area contributed by atoms with Gasteiger partial charge < -0.3 is 14.5 Å². The van der Waals surface area contributed by atoms with Crippen molar-refractivity contribution in [2.75, 3.05) is 13.7 Å². The third kappa shape index (κ3) is 3.56. The summed E-state index contributed by atoms with van der Waals surface area (Å²) in [5, 5.41) is 0.784. The van der Waals surface area contributed by atoms with Crippen LogP contribution in [0.3, 0.4) is 0 Å². The second-order valence-corrected chi connectivity index (χ2v) is 8.24. The topological polar surface area (TPSA) is 64.2 Å². The molecule has 0 amide bonds. The van der Waals surface area contributed by atoms with E-state index >= 15 is 0 Å². The molecule has 1 aliphatic rings. The van der Waals surface area contributed by atoms with Crippen molar-refractivity contribution < 1.29 is 9.47 Å². The lowest BCUT2D eigenvalue weighted by atomic mass is 9.89. The summed E-state index contributed by atoms with van der Waals surface area (Å²) in [5.41, 5.74) is 2.12. The van der Waals surface area contributed by atoms with E-state index in [2.05, 4.69) is 11.9 Å². The van der Waals surface area contributed by atoms with Gasteiger partial charge in [0.05, 0.1) is 19.1 Å². The van der Waals surface area contributed by atoms with E-state index in [4.69, 9.17) is 14.5 Å². The molecule has 146 valence electrons. The summed E-state index contributed by atoms with van der Waals surface area (Å²) in [6.45, 7) is 4.77. The zero-order valence-corrected chi connectivity index (χ0v) is 17.2. The van der Waals surface area contributed by atoms with Crippen LogP contribution < -0.4 is 15.0 Å². The third-order valence-electron chi connectivity index (χ3n) is 5.10. The number of aryl methyl sites for hydroxylation is 1. The Balaban J connectivity index is 1.67. The van der Waals surface area contributed by atoms with Gasteiger partial charge in [-0.2, -0.15) is 0 Å². The van der Waals surface area contributed by atoms with Crippen LogP contribution in [0.15, 0.2) is 23.0 Å². The first-order chi connectivity index (χ1) is 13.6. The van der Waals surface area contributed by atoms with Gasteiger partial charge in [0.1, 0.15) is 10.7 Å². The van der Waals surface area contributed by atoms with Crippen molar-refractivity contribution in [1.29, 1.82) is 0 Å². The monoisotopic (exact) mass is 396 g/mol. The van der Waals surface area contributed by atoms with E-state index in [1.54, 1.807) is 18.4 Å². The summed E-state index contributed by atoms with van der Waals surface area (Å²) in [4.78, 5) is 22.5. The smallest absolute Gasteiger partial charge is 0.260 e. The fourth-order valence-electron chi connectivity index (χ4n) is 3.68. The number of aromatic nitrogens is 2. The zero-order chi connectivity index (χ0) is 19.7. The summed E-state index contributed by atoms with van der Waals surface area (Å²) in [5.74, 6) is 2.64. The van der Waals surface area contributed by atoms with E-state index in [9.17, 15) is 4.79 Å². The molecular formula is C22H24N2O3S. The lowest BCUT2D eigenvalue weighted by molar-refractivity contribution is 0.311. The minimum atomic E-state index is -0.0403. The van der Waals surface area contributed by atoms with Crippen LogP contribution in [0.2, 0.25) is 0 Å². The highest BCUT2D eigenvalue weighted by molar-refractivity contribution is 7.18. The highest BCUT2D eigenvalue weighted by Crippen LogP contribution is 2.35. The van der Waals surface area contributed by atoms with Crippen molar-refractivity contribution in [3.05, 3.63) is 50.4 Å². The SMILES string of the molecule is CCOc1cc(/C=C/c2nc3sc4c(c3c(=O)[nH]2)CC[C@H](C)C4)ccc1OC. The Hall–Kier alpha value is -2.60. The third-order valence-corrected chi connectivity index (χ3v) is 6.25. The van der Waals surface area contributed by atoms with Gasteiger partial charge >= 0.3 is 0 Å². The Morgan fingerprint density at radius 2 is 2.18 bits per heavy atom. The van der Waals surface area contributed by atoms with E-state index in [-0.39, 0.29) is 5.56 Å². The van der Waals surface area contributed by atoms with Gasteiger partial charge in [0.2, 0.25) is 0 Å². The molecule has 0 fully saturated rings.